The van der Waals surface area contributed by atoms with Crippen LogP contribution in [0.1, 0.15) is 44.7 Å². The molecule has 0 unspecified atom stereocenters. The van der Waals surface area contributed by atoms with Crippen LogP contribution in [0, 0.1) is 17.0 Å². The van der Waals surface area contributed by atoms with Gasteiger partial charge in [0.25, 0.3) is 15.7 Å². The molecule has 2 atom stereocenters. The summed E-state index contributed by atoms with van der Waals surface area (Å²) in [7, 11) is -1.78. The highest BCUT2D eigenvalue weighted by molar-refractivity contribution is 7.92. The number of nitro groups is 1. The van der Waals surface area contributed by atoms with E-state index in [0.717, 1.165) is 10.4 Å². The second-order valence-electron chi connectivity index (χ2n) is 10.6. The highest BCUT2D eigenvalue weighted by Gasteiger charge is 2.36. The quantitative estimate of drug-likeness (QED) is 0.164. The van der Waals surface area contributed by atoms with Gasteiger partial charge in [0.15, 0.2) is 0 Å². The second kappa shape index (κ2) is 15.8. The fourth-order valence-corrected chi connectivity index (χ4v) is 6.34. The summed E-state index contributed by atoms with van der Waals surface area (Å²) in [6.07, 6.45) is 0.902. The Balaban J connectivity index is 2.18. The topological polar surface area (TPSA) is 148 Å². The Bertz CT molecular complexity index is 1670. The van der Waals surface area contributed by atoms with Crippen LogP contribution in [0.15, 0.2) is 65.6 Å². The van der Waals surface area contributed by atoms with E-state index in [1.165, 1.54) is 56.4 Å². The van der Waals surface area contributed by atoms with E-state index in [0.29, 0.717) is 17.7 Å². The van der Waals surface area contributed by atoms with Gasteiger partial charge >= 0.3 is 0 Å². The number of hydrogen-bond acceptors (Lipinski definition) is 8. The summed E-state index contributed by atoms with van der Waals surface area (Å²) in [5.41, 5.74) is 0.468. The number of ether oxygens (including phenoxy) is 2. The Morgan fingerprint density at radius 3 is 2.24 bits per heavy atom. The fourth-order valence-electron chi connectivity index (χ4n) is 4.73. The van der Waals surface area contributed by atoms with Gasteiger partial charge in [0.1, 0.15) is 24.1 Å². The molecule has 0 saturated carbocycles. The lowest BCUT2D eigenvalue weighted by molar-refractivity contribution is -0.385. The van der Waals surface area contributed by atoms with E-state index in [-0.39, 0.29) is 46.9 Å². The molecule has 248 valence electrons. The minimum absolute atomic E-state index is 0.0220. The second-order valence-corrected chi connectivity index (χ2v) is 12.9. The molecule has 0 saturated heterocycles. The van der Waals surface area contributed by atoms with Gasteiger partial charge in [0.2, 0.25) is 11.8 Å². The van der Waals surface area contributed by atoms with Gasteiger partial charge in [-0.3, -0.25) is 24.0 Å². The first-order chi connectivity index (χ1) is 21.8. The monoisotopic (exact) mass is 674 g/mol. The fraction of sp³-hybridized carbons (Fsp3) is 0.375. The zero-order chi connectivity index (χ0) is 34.2. The lowest BCUT2D eigenvalue weighted by Crippen LogP contribution is -2.53. The number of anilines is 1. The summed E-state index contributed by atoms with van der Waals surface area (Å²) in [6.45, 7) is 6.22. The molecule has 0 aliphatic heterocycles. The van der Waals surface area contributed by atoms with Crippen molar-refractivity contribution < 1.29 is 32.4 Å². The number of halogens is 1. The molecule has 12 nitrogen and oxygen atoms in total. The molecule has 0 radical (unpaired) electrons. The summed E-state index contributed by atoms with van der Waals surface area (Å²) >= 11 is 6.28. The summed E-state index contributed by atoms with van der Waals surface area (Å²) in [4.78, 5) is 39.7. The molecule has 0 heterocycles. The van der Waals surface area contributed by atoms with Crippen molar-refractivity contribution in [2.75, 3.05) is 25.1 Å². The minimum atomic E-state index is -4.64. The van der Waals surface area contributed by atoms with Crippen molar-refractivity contribution >= 4 is 44.8 Å². The lowest BCUT2D eigenvalue weighted by Gasteiger charge is -2.34. The van der Waals surface area contributed by atoms with Crippen LogP contribution in [0.2, 0.25) is 5.02 Å². The Morgan fingerprint density at radius 2 is 1.67 bits per heavy atom. The molecule has 46 heavy (non-hydrogen) atoms. The first-order valence-corrected chi connectivity index (χ1v) is 16.4. The van der Waals surface area contributed by atoms with Gasteiger partial charge < -0.3 is 19.7 Å². The molecule has 0 fully saturated rings. The van der Waals surface area contributed by atoms with Crippen LogP contribution in [-0.2, 0) is 26.2 Å². The number of nitro benzene ring substituents is 1. The van der Waals surface area contributed by atoms with Crippen LogP contribution in [0.3, 0.4) is 0 Å². The van der Waals surface area contributed by atoms with Gasteiger partial charge in [-0.05, 0) is 68.7 Å². The molecule has 0 aromatic heterocycles. The highest BCUT2D eigenvalue weighted by atomic mass is 35.5. The Kier molecular flexibility index (Phi) is 12.4. The van der Waals surface area contributed by atoms with Crippen molar-refractivity contribution in [3.63, 3.8) is 0 Å². The van der Waals surface area contributed by atoms with Crippen molar-refractivity contribution in [2.24, 2.45) is 0 Å². The summed E-state index contributed by atoms with van der Waals surface area (Å²) in [6, 6.07) is 13.6. The molecule has 2 amide bonds. The summed E-state index contributed by atoms with van der Waals surface area (Å²) in [5, 5.41) is 14.8. The van der Waals surface area contributed by atoms with E-state index in [1.807, 2.05) is 13.8 Å². The molecule has 14 heteroatoms. The van der Waals surface area contributed by atoms with Crippen molar-refractivity contribution in [2.45, 2.75) is 64.1 Å². The smallest absolute Gasteiger partial charge is 0.273 e. The number of sulfonamides is 1. The van der Waals surface area contributed by atoms with Crippen LogP contribution < -0.4 is 19.1 Å². The van der Waals surface area contributed by atoms with E-state index in [4.69, 9.17) is 21.1 Å². The number of nitrogens with one attached hydrogen (secondary N) is 1. The summed E-state index contributed by atoms with van der Waals surface area (Å²) < 4.78 is 40.1. The largest absolute Gasteiger partial charge is 0.497 e. The van der Waals surface area contributed by atoms with Gasteiger partial charge in [-0.25, -0.2) is 8.42 Å². The zero-order valence-electron chi connectivity index (χ0n) is 26.7. The third kappa shape index (κ3) is 8.46. The molecule has 3 aromatic rings. The summed E-state index contributed by atoms with van der Waals surface area (Å²) in [5.74, 6) is -0.400. The number of carbonyl (C=O) groups excluding carboxylic acids is 2. The van der Waals surface area contributed by atoms with Crippen molar-refractivity contribution in [1.29, 1.82) is 0 Å². The van der Waals surface area contributed by atoms with Gasteiger partial charge in [-0.2, -0.15) is 0 Å². The molecule has 0 aliphatic carbocycles. The van der Waals surface area contributed by atoms with Gasteiger partial charge in [-0.15, -0.1) is 0 Å². The normalized spacial score (nSPS) is 12.5. The number of amides is 2. The Morgan fingerprint density at radius 1 is 1.00 bits per heavy atom. The SMILES string of the molecule is CC[C@@H](C)NC(=O)[C@H](CC)N(Cc1ccc(OC)cc1)C(=O)CN(c1cc(Cl)ccc1OC)S(=O)(=O)c1ccc(C)c([N+](=O)[O-])c1. The third-order valence-corrected chi connectivity index (χ3v) is 9.54. The standard InChI is InChI=1S/C32H39ClN4O8S/c1-7-22(4)34-32(39)27(8-2)35(19-23-10-13-25(44-5)14-11-23)31(38)20-36(29-17-24(33)12-16-30(29)45-6)46(42,43)26-15-9-21(3)28(18-26)37(40)41/h9-18,22,27H,7-8,19-20H2,1-6H3,(H,34,39)/t22-,27+/m1/s1. The average molecular weight is 675 g/mol. The predicted octanol–water partition coefficient (Wildman–Crippen LogP) is 5.49. The van der Waals surface area contributed by atoms with E-state index in [9.17, 15) is 28.1 Å². The van der Waals surface area contributed by atoms with Crippen molar-refractivity contribution in [3.8, 4) is 11.5 Å². The maximum Gasteiger partial charge on any atom is 0.273 e. The molecule has 3 rings (SSSR count). The first-order valence-electron chi connectivity index (χ1n) is 14.6. The first kappa shape index (κ1) is 36.1. The van der Waals surface area contributed by atoms with E-state index in [1.54, 1.807) is 31.2 Å². The number of aryl methyl sites for hydroxylation is 1. The Labute approximate surface area is 274 Å². The maximum atomic E-state index is 14.3. The van der Waals surface area contributed by atoms with Crippen molar-refractivity contribution in [1.82, 2.24) is 10.2 Å². The van der Waals surface area contributed by atoms with Crippen molar-refractivity contribution in [3.05, 3.63) is 86.9 Å². The molecule has 0 spiro atoms. The van der Waals surface area contributed by atoms with Gasteiger partial charge in [0, 0.05) is 29.2 Å². The van der Waals surface area contributed by atoms with Gasteiger partial charge in [-0.1, -0.05) is 43.6 Å². The maximum absolute atomic E-state index is 14.3. The zero-order valence-corrected chi connectivity index (χ0v) is 28.2. The average Bonchev–Trinajstić information content (AvgIpc) is 3.03. The highest BCUT2D eigenvalue weighted by Crippen LogP contribution is 2.36. The van der Waals surface area contributed by atoms with E-state index >= 15 is 0 Å². The Hall–Kier alpha value is -4.36. The van der Waals surface area contributed by atoms with Crippen LogP contribution in [-0.4, -0.2) is 62.9 Å². The number of carbonyl (C=O) groups is 2. The number of hydrogen-bond donors (Lipinski definition) is 1. The number of rotatable bonds is 15. The van der Waals surface area contributed by atoms with Crippen LogP contribution in [0.4, 0.5) is 11.4 Å². The molecule has 3 aromatic carbocycles. The lowest BCUT2D eigenvalue weighted by atomic mass is 10.1. The van der Waals surface area contributed by atoms with Crippen LogP contribution in [0.5, 0.6) is 11.5 Å². The molecular weight excluding hydrogens is 636 g/mol. The van der Waals surface area contributed by atoms with Gasteiger partial charge in [0.05, 0.1) is 29.7 Å². The van der Waals surface area contributed by atoms with Crippen LogP contribution in [0.25, 0.3) is 0 Å². The molecular formula is C32H39ClN4O8S. The molecule has 1 N–H and O–H groups in total. The molecule has 0 aliphatic rings. The minimum Gasteiger partial charge on any atom is -0.497 e. The number of methoxy groups -OCH3 is 2. The molecule has 0 bridgehead atoms. The van der Waals surface area contributed by atoms with Crippen LogP contribution >= 0.6 is 11.6 Å². The number of nitrogens with zero attached hydrogens (tertiary/aromatic N) is 3. The number of benzene rings is 3. The van der Waals surface area contributed by atoms with E-state index < -0.39 is 44.0 Å². The van der Waals surface area contributed by atoms with E-state index in [2.05, 4.69) is 5.32 Å². The predicted molar refractivity (Wildman–Crippen MR) is 176 cm³/mol. The third-order valence-electron chi connectivity index (χ3n) is 7.55.